The van der Waals surface area contributed by atoms with Crippen LogP contribution in [0.15, 0.2) is 48.5 Å². The van der Waals surface area contributed by atoms with Gasteiger partial charge in [-0.15, -0.1) is 0 Å². The van der Waals surface area contributed by atoms with E-state index in [9.17, 15) is 4.53 Å². The first-order chi connectivity index (χ1) is 16.3. The van der Waals surface area contributed by atoms with Gasteiger partial charge in [-0.25, -0.2) is 0 Å². The summed E-state index contributed by atoms with van der Waals surface area (Å²) in [5, 5.41) is 0. The van der Waals surface area contributed by atoms with E-state index in [2.05, 4.69) is 16.9 Å². The van der Waals surface area contributed by atoms with Crippen LogP contribution in [0.3, 0.4) is 0 Å². The van der Waals surface area contributed by atoms with Gasteiger partial charge in [0.25, 0.3) is 0 Å². The summed E-state index contributed by atoms with van der Waals surface area (Å²) in [5.41, 5.74) is 2.31. The lowest BCUT2D eigenvalue weighted by Gasteiger charge is -2.25. The zero-order valence-corrected chi connectivity index (χ0v) is 20.6. The van der Waals surface area contributed by atoms with Crippen LogP contribution in [0.25, 0.3) is 0 Å². The van der Waals surface area contributed by atoms with Gasteiger partial charge in [-0.2, -0.15) is 0 Å². The lowest BCUT2D eigenvalue weighted by atomic mass is 9.85. The third kappa shape index (κ3) is 7.17. The maximum atomic E-state index is 13.7. The molecule has 2 aliphatic carbocycles. The molecule has 2 fully saturated rings. The first kappa shape index (κ1) is 24.5. The molecule has 33 heavy (non-hydrogen) atoms. The minimum atomic E-state index is -2.18. The second-order valence-electron chi connectivity index (χ2n) is 9.63. The van der Waals surface area contributed by atoms with Crippen LogP contribution in [0.2, 0.25) is 0 Å². The van der Waals surface area contributed by atoms with Crippen molar-refractivity contribution in [2.24, 2.45) is 0 Å². The number of hydrogen-bond acceptors (Lipinski definition) is 3. The predicted molar refractivity (Wildman–Crippen MR) is 133 cm³/mol. The summed E-state index contributed by atoms with van der Waals surface area (Å²) in [7, 11) is -2.18. The van der Waals surface area contributed by atoms with Crippen LogP contribution in [0, 0.1) is 0 Å². The van der Waals surface area contributed by atoms with Crippen LogP contribution in [-0.2, 0) is 4.73 Å². The molecule has 0 saturated heterocycles. The summed E-state index contributed by atoms with van der Waals surface area (Å²) in [6.45, 7) is 0. The highest BCUT2D eigenvalue weighted by Gasteiger charge is 2.26. The predicted octanol–water partition coefficient (Wildman–Crippen LogP) is 9.93. The average Bonchev–Trinajstić information content (AvgIpc) is 2.79. The van der Waals surface area contributed by atoms with Gasteiger partial charge < -0.3 is 9.05 Å². The SMILES string of the molecule is FOP(Oc1ccccc1C1CCCCCCC1)Oc1ccccc1C1CCCCCCC1. The Kier molecular flexibility index (Phi) is 9.87. The third-order valence-corrected chi connectivity index (χ3v) is 8.13. The summed E-state index contributed by atoms with van der Waals surface area (Å²) < 4.78 is 30.1. The molecule has 0 N–H and O–H groups in total. The molecule has 4 rings (SSSR count). The lowest BCUT2D eigenvalue weighted by molar-refractivity contribution is -0.0159. The van der Waals surface area contributed by atoms with E-state index in [0.29, 0.717) is 23.3 Å². The topological polar surface area (TPSA) is 27.7 Å². The molecule has 0 unspecified atom stereocenters. The molecule has 0 radical (unpaired) electrons. The highest BCUT2D eigenvalue weighted by Crippen LogP contribution is 2.47. The van der Waals surface area contributed by atoms with Crippen molar-refractivity contribution in [3.8, 4) is 11.5 Å². The fraction of sp³-hybridized carbons (Fsp3) is 0.571. The minimum absolute atomic E-state index is 0.445. The van der Waals surface area contributed by atoms with Crippen molar-refractivity contribution in [3.05, 3.63) is 59.7 Å². The maximum Gasteiger partial charge on any atom is 0.497 e. The third-order valence-electron chi connectivity index (χ3n) is 7.33. The van der Waals surface area contributed by atoms with Gasteiger partial charge in [-0.05, 0) is 65.3 Å². The van der Waals surface area contributed by atoms with Crippen molar-refractivity contribution in [2.75, 3.05) is 0 Å². The normalized spacial score (nSPS) is 19.3. The molecule has 0 bridgehead atoms. The highest BCUT2D eigenvalue weighted by molar-refractivity contribution is 7.42. The molecule has 2 aliphatic rings. The van der Waals surface area contributed by atoms with Crippen LogP contribution < -0.4 is 9.05 Å². The van der Waals surface area contributed by atoms with Crippen LogP contribution in [0.5, 0.6) is 11.5 Å². The van der Waals surface area contributed by atoms with Crippen LogP contribution in [-0.4, -0.2) is 0 Å². The Morgan fingerprint density at radius 2 is 0.909 bits per heavy atom. The lowest BCUT2D eigenvalue weighted by Crippen LogP contribution is -2.07. The molecular formula is C28H38FO3P. The summed E-state index contributed by atoms with van der Waals surface area (Å²) >= 11 is 0. The van der Waals surface area contributed by atoms with Gasteiger partial charge in [-0.1, -0.05) is 105 Å². The van der Waals surface area contributed by atoms with E-state index >= 15 is 0 Å². The Hall–Kier alpha value is -1.64. The second kappa shape index (κ2) is 13.3. The molecule has 180 valence electrons. The molecule has 0 atom stereocenters. The molecule has 0 aliphatic heterocycles. The quantitative estimate of drug-likeness (QED) is 0.375. The van der Waals surface area contributed by atoms with Gasteiger partial charge in [-0.3, -0.25) is 0 Å². The highest BCUT2D eigenvalue weighted by atomic mass is 31.2. The molecule has 3 nitrogen and oxygen atoms in total. The van der Waals surface area contributed by atoms with Gasteiger partial charge in [0.15, 0.2) is 0 Å². The van der Waals surface area contributed by atoms with Crippen LogP contribution in [0.4, 0.5) is 4.53 Å². The summed E-state index contributed by atoms with van der Waals surface area (Å²) in [5.74, 6) is 2.27. The van der Waals surface area contributed by atoms with Crippen molar-refractivity contribution in [3.63, 3.8) is 0 Å². The standard InChI is InChI=1S/C28H38FO3P/c29-32-33(30-27-21-13-11-19-25(27)23-15-7-3-1-4-8-16-23)31-28-22-14-12-20-26(28)24-17-9-5-2-6-10-18-24/h11-14,19-24H,1-10,15-18H2. The molecule has 2 aromatic rings. The fourth-order valence-corrected chi connectivity index (χ4v) is 6.29. The molecule has 0 aromatic heterocycles. The van der Waals surface area contributed by atoms with Gasteiger partial charge in [0, 0.05) is 0 Å². The van der Waals surface area contributed by atoms with Gasteiger partial charge >= 0.3 is 8.60 Å². The number of rotatable bonds is 7. The molecular weight excluding hydrogens is 434 g/mol. The number of halogens is 1. The van der Waals surface area contributed by atoms with E-state index < -0.39 is 8.60 Å². The van der Waals surface area contributed by atoms with E-state index in [4.69, 9.17) is 9.05 Å². The minimum Gasteiger partial charge on any atom is -0.416 e. The number of hydrogen-bond donors (Lipinski definition) is 0. The van der Waals surface area contributed by atoms with Gasteiger partial charge in [0.1, 0.15) is 11.5 Å². The van der Waals surface area contributed by atoms with Crippen molar-refractivity contribution < 1.29 is 18.3 Å². The molecule has 0 spiro atoms. The smallest absolute Gasteiger partial charge is 0.416 e. The first-order valence-electron chi connectivity index (χ1n) is 13.0. The summed E-state index contributed by atoms with van der Waals surface area (Å²) in [4.78, 5) is 0. The second-order valence-corrected chi connectivity index (χ2v) is 10.6. The van der Waals surface area contributed by atoms with Crippen molar-refractivity contribution >= 4 is 8.60 Å². The Morgan fingerprint density at radius 3 is 1.30 bits per heavy atom. The summed E-state index contributed by atoms with van der Waals surface area (Å²) in [6.07, 6.45) is 17.4. The summed E-state index contributed by atoms with van der Waals surface area (Å²) in [6, 6.07) is 16.1. The van der Waals surface area contributed by atoms with E-state index in [1.807, 2.05) is 36.4 Å². The average molecular weight is 473 g/mol. The first-order valence-corrected chi connectivity index (χ1v) is 14.1. The largest absolute Gasteiger partial charge is 0.497 e. The molecule has 0 amide bonds. The van der Waals surface area contributed by atoms with Crippen molar-refractivity contribution in [1.29, 1.82) is 0 Å². The molecule has 0 heterocycles. The number of para-hydroxylation sites is 2. The Morgan fingerprint density at radius 1 is 0.545 bits per heavy atom. The Balaban J connectivity index is 1.48. The van der Waals surface area contributed by atoms with Crippen molar-refractivity contribution in [2.45, 2.75) is 102 Å². The molecule has 2 aromatic carbocycles. The monoisotopic (exact) mass is 472 g/mol. The van der Waals surface area contributed by atoms with E-state index in [1.54, 1.807) is 0 Å². The Bertz CT molecular complexity index is 762. The van der Waals surface area contributed by atoms with Crippen LogP contribution >= 0.6 is 8.60 Å². The van der Waals surface area contributed by atoms with E-state index in [-0.39, 0.29) is 0 Å². The van der Waals surface area contributed by atoms with E-state index in [0.717, 1.165) is 36.8 Å². The maximum absolute atomic E-state index is 13.7. The van der Waals surface area contributed by atoms with Crippen molar-refractivity contribution in [1.82, 2.24) is 0 Å². The zero-order valence-electron chi connectivity index (χ0n) is 19.7. The Labute approximate surface area is 199 Å². The van der Waals surface area contributed by atoms with Gasteiger partial charge in [0.05, 0.1) is 0 Å². The zero-order chi connectivity index (χ0) is 22.7. The number of benzene rings is 2. The van der Waals surface area contributed by atoms with Crippen LogP contribution in [0.1, 0.15) is 113 Å². The molecule has 2 saturated carbocycles. The molecule has 5 heteroatoms. The fourth-order valence-electron chi connectivity index (χ4n) is 5.54. The van der Waals surface area contributed by atoms with Gasteiger partial charge in [0.2, 0.25) is 0 Å². The van der Waals surface area contributed by atoms with E-state index in [1.165, 1.54) is 64.2 Å².